The Morgan fingerprint density at radius 3 is 2.80 bits per heavy atom. The van der Waals surface area contributed by atoms with E-state index in [2.05, 4.69) is 28.2 Å². The van der Waals surface area contributed by atoms with Gasteiger partial charge in [-0.1, -0.05) is 18.0 Å². The molecule has 0 heterocycles. The van der Waals surface area contributed by atoms with Gasteiger partial charge in [-0.15, -0.1) is 0 Å². The molecule has 2 fully saturated rings. The van der Waals surface area contributed by atoms with E-state index < -0.39 is 0 Å². The number of rotatable bonds is 3. The number of fused-ring (bicyclic) bond motifs is 2. The second-order valence-corrected chi connectivity index (χ2v) is 7.49. The number of hydrogen-bond donors (Lipinski definition) is 1. The van der Waals surface area contributed by atoms with Crippen molar-refractivity contribution in [2.45, 2.75) is 38.6 Å². The number of nitrogens with one attached hydrogen (secondary N) is 1. The molecule has 2 aliphatic rings. The van der Waals surface area contributed by atoms with Gasteiger partial charge in [-0.2, -0.15) is 0 Å². The minimum absolute atomic E-state index is 0.0188. The Labute approximate surface area is 133 Å². The molecule has 20 heavy (non-hydrogen) atoms. The van der Waals surface area contributed by atoms with Gasteiger partial charge in [0.25, 0.3) is 5.91 Å². The van der Waals surface area contributed by atoms with Crippen molar-refractivity contribution in [1.82, 2.24) is 5.32 Å². The highest BCUT2D eigenvalue weighted by molar-refractivity contribution is 9.10. The fraction of sp³-hybridized carbons (Fsp3) is 0.562. The van der Waals surface area contributed by atoms with Gasteiger partial charge in [-0.05, 0) is 78.1 Å². The molecule has 0 aromatic heterocycles. The SMILES string of the molecule is CC(NC(=O)c1ccc(Br)c(Cl)c1)C1CC2CCC1C2. The lowest BCUT2D eigenvalue weighted by Gasteiger charge is -2.28. The van der Waals surface area contributed by atoms with Crippen molar-refractivity contribution in [2.24, 2.45) is 17.8 Å². The zero-order chi connectivity index (χ0) is 14.3. The summed E-state index contributed by atoms with van der Waals surface area (Å²) in [5.41, 5.74) is 0.633. The molecule has 1 N–H and O–H groups in total. The van der Waals surface area contributed by atoms with Crippen LogP contribution < -0.4 is 5.32 Å². The highest BCUT2D eigenvalue weighted by atomic mass is 79.9. The Bertz CT molecular complexity index is 533. The highest BCUT2D eigenvalue weighted by Crippen LogP contribution is 2.49. The van der Waals surface area contributed by atoms with Gasteiger partial charge < -0.3 is 5.32 Å². The summed E-state index contributed by atoms with van der Waals surface area (Å²) in [5.74, 6) is 2.37. The maximum atomic E-state index is 12.3. The van der Waals surface area contributed by atoms with Crippen LogP contribution in [0.2, 0.25) is 5.02 Å². The van der Waals surface area contributed by atoms with Gasteiger partial charge in [0.1, 0.15) is 0 Å². The number of amides is 1. The third-order valence-corrected chi connectivity index (χ3v) is 6.21. The third-order valence-electron chi connectivity index (χ3n) is 4.98. The molecule has 0 radical (unpaired) electrons. The van der Waals surface area contributed by atoms with E-state index >= 15 is 0 Å². The van der Waals surface area contributed by atoms with Crippen LogP contribution >= 0.6 is 27.5 Å². The molecule has 1 amide bonds. The lowest BCUT2D eigenvalue weighted by atomic mass is 9.84. The third kappa shape index (κ3) is 2.75. The van der Waals surface area contributed by atoms with Crippen molar-refractivity contribution in [3.8, 4) is 0 Å². The standard InChI is InChI=1S/C16H19BrClNO/c1-9(13-7-10-2-3-11(13)6-10)19-16(20)12-4-5-14(17)15(18)8-12/h4-5,8-11,13H,2-3,6-7H2,1H3,(H,19,20). The molecule has 2 nitrogen and oxygen atoms in total. The second kappa shape index (κ2) is 5.69. The van der Waals surface area contributed by atoms with Crippen molar-refractivity contribution in [3.05, 3.63) is 33.3 Å². The molecule has 0 saturated heterocycles. The Balaban J connectivity index is 1.65. The number of halogens is 2. The molecule has 4 unspecified atom stereocenters. The van der Waals surface area contributed by atoms with Gasteiger partial charge in [0, 0.05) is 16.1 Å². The lowest BCUT2D eigenvalue weighted by Crippen LogP contribution is -2.40. The second-order valence-electron chi connectivity index (χ2n) is 6.23. The van der Waals surface area contributed by atoms with Crippen LogP contribution in [0.1, 0.15) is 43.0 Å². The zero-order valence-electron chi connectivity index (χ0n) is 11.5. The van der Waals surface area contributed by atoms with Gasteiger partial charge >= 0.3 is 0 Å². The molecule has 2 saturated carbocycles. The van der Waals surface area contributed by atoms with E-state index in [1.807, 2.05) is 6.07 Å². The normalized spacial score (nSPS) is 29.4. The molecule has 4 atom stereocenters. The van der Waals surface area contributed by atoms with Gasteiger partial charge in [-0.25, -0.2) is 0 Å². The smallest absolute Gasteiger partial charge is 0.251 e. The van der Waals surface area contributed by atoms with Gasteiger partial charge in [0.15, 0.2) is 0 Å². The van der Waals surface area contributed by atoms with E-state index in [0.29, 0.717) is 16.5 Å². The highest BCUT2D eigenvalue weighted by Gasteiger charge is 2.42. The Hall–Kier alpha value is -0.540. The lowest BCUT2D eigenvalue weighted by molar-refractivity contribution is 0.0915. The first kappa shape index (κ1) is 14.4. The first-order valence-electron chi connectivity index (χ1n) is 7.30. The zero-order valence-corrected chi connectivity index (χ0v) is 13.9. The largest absolute Gasteiger partial charge is 0.349 e. The van der Waals surface area contributed by atoms with Crippen molar-refractivity contribution in [2.75, 3.05) is 0 Å². The molecule has 4 heteroatoms. The van der Waals surface area contributed by atoms with Crippen LogP contribution in [-0.4, -0.2) is 11.9 Å². The fourth-order valence-corrected chi connectivity index (χ4v) is 4.37. The summed E-state index contributed by atoms with van der Waals surface area (Å²) in [6.45, 7) is 2.14. The molecule has 0 aliphatic heterocycles. The summed E-state index contributed by atoms with van der Waals surface area (Å²) >= 11 is 9.39. The quantitative estimate of drug-likeness (QED) is 0.838. The minimum atomic E-state index is -0.0188. The first-order valence-corrected chi connectivity index (χ1v) is 8.47. The average Bonchev–Trinajstić information content (AvgIpc) is 3.04. The molecular formula is C16H19BrClNO. The summed E-state index contributed by atoms with van der Waals surface area (Å²) < 4.78 is 0.817. The van der Waals surface area contributed by atoms with Crippen molar-refractivity contribution < 1.29 is 4.79 Å². The van der Waals surface area contributed by atoms with Gasteiger partial charge in [0.05, 0.1) is 5.02 Å². The predicted molar refractivity (Wildman–Crippen MR) is 85.0 cm³/mol. The van der Waals surface area contributed by atoms with E-state index in [4.69, 9.17) is 11.6 Å². The Kier molecular flexibility index (Phi) is 4.09. The molecule has 108 valence electrons. The van der Waals surface area contributed by atoms with Crippen LogP contribution in [-0.2, 0) is 0 Å². The van der Waals surface area contributed by atoms with Crippen LogP contribution in [0, 0.1) is 17.8 Å². The van der Waals surface area contributed by atoms with Gasteiger partial charge in [-0.3, -0.25) is 4.79 Å². The summed E-state index contributed by atoms with van der Waals surface area (Å²) in [6.07, 6.45) is 5.39. The van der Waals surface area contributed by atoms with Crippen LogP contribution in [0.15, 0.2) is 22.7 Å². The molecule has 2 bridgehead atoms. The van der Waals surface area contributed by atoms with Crippen LogP contribution in [0.5, 0.6) is 0 Å². The molecule has 2 aliphatic carbocycles. The maximum absolute atomic E-state index is 12.3. The fourth-order valence-electron chi connectivity index (χ4n) is 3.94. The predicted octanol–water partition coefficient (Wildman–Crippen LogP) is 4.66. The topological polar surface area (TPSA) is 29.1 Å². The van der Waals surface area contributed by atoms with Crippen molar-refractivity contribution in [1.29, 1.82) is 0 Å². The Morgan fingerprint density at radius 1 is 1.40 bits per heavy atom. The minimum Gasteiger partial charge on any atom is -0.349 e. The number of carbonyl (C=O) groups is 1. The summed E-state index contributed by atoms with van der Waals surface area (Å²) in [7, 11) is 0. The Morgan fingerprint density at radius 2 is 2.20 bits per heavy atom. The molecule has 0 spiro atoms. The summed E-state index contributed by atoms with van der Waals surface area (Å²) in [5, 5.41) is 3.73. The van der Waals surface area contributed by atoms with E-state index in [-0.39, 0.29) is 11.9 Å². The maximum Gasteiger partial charge on any atom is 0.251 e. The monoisotopic (exact) mass is 355 g/mol. The molecule has 1 aromatic rings. The molecule has 1 aromatic carbocycles. The van der Waals surface area contributed by atoms with E-state index in [1.54, 1.807) is 12.1 Å². The number of carbonyl (C=O) groups excluding carboxylic acids is 1. The summed E-state index contributed by atoms with van der Waals surface area (Å²) in [4.78, 5) is 12.3. The first-order chi connectivity index (χ1) is 9.54. The van der Waals surface area contributed by atoms with Gasteiger partial charge in [0.2, 0.25) is 0 Å². The van der Waals surface area contributed by atoms with Crippen molar-refractivity contribution in [3.63, 3.8) is 0 Å². The van der Waals surface area contributed by atoms with Crippen molar-refractivity contribution >= 4 is 33.4 Å². The van der Waals surface area contributed by atoms with E-state index in [9.17, 15) is 4.79 Å². The summed E-state index contributed by atoms with van der Waals surface area (Å²) in [6, 6.07) is 5.59. The van der Waals surface area contributed by atoms with E-state index in [1.165, 1.54) is 25.7 Å². The molecular weight excluding hydrogens is 338 g/mol. The number of benzene rings is 1. The van der Waals surface area contributed by atoms with Crippen LogP contribution in [0.4, 0.5) is 0 Å². The van der Waals surface area contributed by atoms with E-state index in [0.717, 1.165) is 16.3 Å². The molecule has 3 rings (SSSR count). The number of hydrogen-bond acceptors (Lipinski definition) is 1. The average molecular weight is 357 g/mol. The van der Waals surface area contributed by atoms with Crippen LogP contribution in [0.25, 0.3) is 0 Å². The van der Waals surface area contributed by atoms with Crippen LogP contribution in [0.3, 0.4) is 0 Å².